The Bertz CT molecular complexity index is 924. The average molecular weight is 347 g/mol. The summed E-state index contributed by atoms with van der Waals surface area (Å²) in [5.74, 6) is 0.939. The molecule has 0 radical (unpaired) electrons. The van der Waals surface area contributed by atoms with E-state index in [1.165, 1.54) is 0 Å². The van der Waals surface area contributed by atoms with Gasteiger partial charge in [-0.15, -0.1) is 0 Å². The molecule has 0 spiro atoms. The molecule has 0 unspecified atom stereocenters. The topological polar surface area (TPSA) is 77.2 Å². The standard InChI is InChI=1S/C21H21N3O2/c1-3-20(25)24-16-9-10-19(17(12-16)15-7-5-4-6-8-15)26-21-18(22)11-14(2)13-23-21/h4-13H,3,22H2,1-2H3,(H,24,25). The van der Waals surface area contributed by atoms with Gasteiger partial charge >= 0.3 is 0 Å². The minimum atomic E-state index is -0.0397. The maximum atomic E-state index is 11.7. The smallest absolute Gasteiger partial charge is 0.242 e. The van der Waals surface area contributed by atoms with Crippen molar-refractivity contribution in [2.45, 2.75) is 20.3 Å². The van der Waals surface area contributed by atoms with E-state index in [9.17, 15) is 4.79 Å². The third-order valence-electron chi connectivity index (χ3n) is 3.89. The molecule has 3 N–H and O–H groups in total. The van der Waals surface area contributed by atoms with Gasteiger partial charge in [0.2, 0.25) is 11.8 Å². The van der Waals surface area contributed by atoms with Crippen LogP contribution in [0.4, 0.5) is 11.4 Å². The van der Waals surface area contributed by atoms with Crippen molar-refractivity contribution in [2.24, 2.45) is 0 Å². The summed E-state index contributed by atoms with van der Waals surface area (Å²) in [4.78, 5) is 16.0. The maximum absolute atomic E-state index is 11.7. The first-order chi connectivity index (χ1) is 12.6. The number of nitrogens with one attached hydrogen (secondary N) is 1. The molecular weight excluding hydrogens is 326 g/mol. The van der Waals surface area contributed by atoms with Crippen LogP contribution in [0.1, 0.15) is 18.9 Å². The lowest BCUT2D eigenvalue weighted by Gasteiger charge is -2.14. The number of nitrogen functional groups attached to an aromatic ring is 1. The third kappa shape index (κ3) is 4.00. The van der Waals surface area contributed by atoms with Crippen LogP contribution in [-0.4, -0.2) is 10.9 Å². The fourth-order valence-corrected chi connectivity index (χ4v) is 2.56. The molecule has 0 aliphatic carbocycles. The van der Waals surface area contributed by atoms with Crippen LogP contribution in [0.2, 0.25) is 0 Å². The van der Waals surface area contributed by atoms with E-state index in [4.69, 9.17) is 10.5 Å². The van der Waals surface area contributed by atoms with Gasteiger partial charge < -0.3 is 15.8 Å². The fraction of sp³-hybridized carbons (Fsp3) is 0.143. The first-order valence-electron chi connectivity index (χ1n) is 8.46. The molecule has 0 aliphatic rings. The van der Waals surface area contributed by atoms with Gasteiger partial charge in [0.15, 0.2) is 0 Å². The van der Waals surface area contributed by atoms with E-state index < -0.39 is 0 Å². The van der Waals surface area contributed by atoms with E-state index in [2.05, 4.69) is 10.3 Å². The number of ether oxygens (including phenoxy) is 1. The Balaban J connectivity index is 2.02. The lowest BCUT2D eigenvalue weighted by molar-refractivity contribution is -0.115. The molecule has 3 rings (SSSR count). The van der Waals surface area contributed by atoms with Crippen molar-refractivity contribution in [3.05, 3.63) is 66.4 Å². The molecule has 0 bridgehead atoms. The van der Waals surface area contributed by atoms with Crippen LogP contribution in [0.15, 0.2) is 60.8 Å². The second-order valence-corrected chi connectivity index (χ2v) is 5.99. The summed E-state index contributed by atoms with van der Waals surface area (Å²) in [6, 6.07) is 17.2. The Morgan fingerprint density at radius 1 is 1.15 bits per heavy atom. The third-order valence-corrected chi connectivity index (χ3v) is 3.89. The van der Waals surface area contributed by atoms with E-state index in [0.29, 0.717) is 29.4 Å². The van der Waals surface area contributed by atoms with Crippen molar-refractivity contribution < 1.29 is 9.53 Å². The summed E-state index contributed by atoms with van der Waals surface area (Å²) in [5.41, 5.74) is 10.0. The first kappa shape index (κ1) is 17.5. The summed E-state index contributed by atoms with van der Waals surface area (Å²) < 4.78 is 5.99. The summed E-state index contributed by atoms with van der Waals surface area (Å²) in [6.07, 6.45) is 2.13. The van der Waals surface area contributed by atoms with Gasteiger partial charge in [0.25, 0.3) is 0 Å². The number of aromatic nitrogens is 1. The number of pyridine rings is 1. The lowest BCUT2D eigenvalue weighted by atomic mass is 10.0. The number of hydrogen-bond donors (Lipinski definition) is 2. The second-order valence-electron chi connectivity index (χ2n) is 5.99. The largest absolute Gasteiger partial charge is 0.436 e. The van der Waals surface area contributed by atoms with Gasteiger partial charge in [0.05, 0.1) is 5.69 Å². The highest BCUT2D eigenvalue weighted by Crippen LogP contribution is 2.36. The summed E-state index contributed by atoms with van der Waals surface area (Å²) >= 11 is 0. The number of nitrogens with zero attached hydrogens (tertiary/aromatic N) is 1. The Kier molecular flexibility index (Phi) is 5.17. The number of rotatable bonds is 5. The molecule has 5 nitrogen and oxygen atoms in total. The highest BCUT2D eigenvalue weighted by atomic mass is 16.5. The van der Waals surface area contributed by atoms with Crippen LogP contribution >= 0.6 is 0 Å². The zero-order chi connectivity index (χ0) is 18.5. The molecule has 1 aromatic heterocycles. The number of anilines is 2. The Morgan fingerprint density at radius 2 is 1.92 bits per heavy atom. The normalized spacial score (nSPS) is 10.4. The van der Waals surface area contributed by atoms with E-state index in [0.717, 1.165) is 16.7 Å². The van der Waals surface area contributed by atoms with Gasteiger partial charge in [0, 0.05) is 23.9 Å². The zero-order valence-electron chi connectivity index (χ0n) is 14.8. The number of carbonyl (C=O) groups is 1. The van der Waals surface area contributed by atoms with Gasteiger partial charge in [-0.3, -0.25) is 4.79 Å². The Hall–Kier alpha value is -3.34. The number of benzene rings is 2. The second kappa shape index (κ2) is 7.70. The van der Waals surface area contributed by atoms with Gasteiger partial charge in [0.1, 0.15) is 5.75 Å². The highest BCUT2D eigenvalue weighted by Gasteiger charge is 2.12. The van der Waals surface area contributed by atoms with Crippen LogP contribution in [0.3, 0.4) is 0 Å². The van der Waals surface area contributed by atoms with E-state index in [-0.39, 0.29) is 5.91 Å². The van der Waals surface area contributed by atoms with E-state index in [1.54, 1.807) is 12.3 Å². The van der Waals surface area contributed by atoms with Crippen molar-refractivity contribution in [3.8, 4) is 22.8 Å². The van der Waals surface area contributed by atoms with Crippen LogP contribution in [0, 0.1) is 6.92 Å². The molecule has 5 heteroatoms. The van der Waals surface area contributed by atoms with Gasteiger partial charge in [-0.1, -0.05) is 37.3 Å². The van der Waals surface area contributed by atoms with Gasteiger partial charge in [-0.05, 0) is 42.3 Å². The number of hydrogen-bond acceptors (Lipinski definition) is 4. The zero-order valence-corrected chi connectivity index (χ0v) is 14.8. The van der Waals surface area contributed by atoms with Crippen molar-refractivity contribution in [1.29, 1.82) is 0 Å². The predicted octanol–water partition coefficient (Wildman–Crippen LogP) is 4.78. The molecule has 26 heavy (non-hydrogen) atoms. The van der Waals surface area contributed by atoms with E-state index >= 15 is 0 Å². The fourth-order valence-electron chi connectivity index (χ4n) is 2.56. The number of amides is 1. The van der Waals surface area contributed by atoms with Crippen LogP contribution in [-0.2, 0) is 4.79 Å². The van der Waals surface area contributed by atoms with Crippen LogP contribution in [0.5, 0.6) is 11.6 Å². The molecule has 0 saturated heterocycles. The molecule has 1 heterocycles. The Morgan fingerprint density at radius 3 is 2.62 bits per heavy atom. The molecule has 0 atom stereocenters. The lowest BCUT2D eigenvalue weighted by Crippen LogP contribution is -2.09. The van der Waals surface area contributed by atoms with Crippen LogP contribution in [0.25, 0.3) is 11.1 Å². The number of nitrogens with two attached hydrogens (primary N) is 1. The minimum Gasteiger partial charge on any atom is -0.436 e. The molecule has 0 fully saturated rings. The van der Waals surface area contributed by atoms with Gasteiger partial charge in [-0.25, -0.2) is 4.98 Å². The van der Waals surface area contributed by atoms with Crippen molar-refractivity contribution in [2.75, 3.05) is 11.1 Å². The molecule has 1 amide bonds. The Labute approximate surface area is 152 Å². The summed E-state index contributed by atoms with van der Waals surface area (Å²) in [7, 11) is 0. The summed E-state index contributed by atoms with van der Waals surface area (Å²) in [6.45, 7) is 3.74. The highest BCUT2D eigenvalue weighted by molar-refractivity contribution is 5.91. The summed E-state index contributed by atoms with van der Waals surface area (Å²) in [5, 5.41) is 2.88. The van der Waals surface area contributed by atoms with Gasteiger partial charge in [-0.2, -0.15) is 0 Å². The minimum absolute atomic E-state index is 0.0397. The quantitative estimate of drug-likeness (QED) is 0.696. The molecule has 0 saturated carbocycles. The SMILES string of the molecule is CCC(=O)Nc1ccc(Oc2ncc(C)cc2N)c(-c2ccccc2)c1. The molecule has 3 aromatic rings. The molecule has 2 aromatic carbocycles. The number of aryl methyl sites for hydroxylation is 1. The molecule has 0 aliphatic heterocycles. The number of carbonyl (C=O) groups excluding carboxylic acids is 1. The molecule has 132 valence electrons. The monoisotopic (exact) mass is 347 g/mol. The van der Waals surface area contributed by atoms with Crippen LogP contribution < -0.4 is 15.8 Å². The maximum Gasteiger partial charge on any atom is 0.242 e. The van der Waals surface area contributed by atoms with E-state index in [1.807, 2.05) is 62.4 Å². The van der Waals surface area contributed by atoms with Crippen molar-refractivity contribution >= 4 is 17.3 Å². The van der Waals surface area contributed by atoms with Crippen molar-refractivity contribution in [1.82, 2.24) is 4.98 Å². The average Bonchev–Trinajstić information content (AvgIpc) is 2.65. The first-order valence-corrected chi connectivity index (χ1v) is 8.46. The van der Waals surface area contributed by atoms with Crippen molar-refractivity contribution in [3.63, 3.8) is 0 Å². The molecular formula is C21H21N3O2. The predicted molar refractivity (Wildman–Crippen MR) is 104 cm³/mol.